The predicted octanol–water partition coefficient (Wildman–Crippen LogP) is 1.95. The first-order chi connectivity index (χ1) is 12.0. The number of likely N-dealkylation sites (tertiary alicyclic amines) is 2. The Morgan fingerprint density at radius 1 is 1.28 bits per heavy atom. The molecule has 0 bridgehead atoms. The fourth-order valence-electron chi connectivity index (χ4n) is 3.86. The van der Waals surface area contributed by atoms with Crippen LogP contribution < -0.4 is 0 Å². The van der Waals surface area contributed by atoms with Crippen LogP contribution in [0.25, 0.3) is 0 Å². The minimum Gasteiger partial charge on any atom is -0.375 e. The molecule has 7 heteroatoms. The van der Waals surface area contributed by atoms with E-state index in [-0.39, 0.29) is 30.5 Å². The van der Waals surface area contributed by atoms with E-state index in [1.807, 2.05) is 0 Å². The van der Waals surface area contributed by atoms with Gasteiger partial charge in [-0.3, -0.25) is 9.59 Å². The van der Waals surface area contributed by atoms with Crippen molar-refractivity contribution in [2.24, 2.45) is 5.41 Å². The summed E-state index contributed by atoms with van der Waals surface area (Å²) in [5, 5.41) is 0. The molecule has 2 heterocycles. The number of halogens is 2. The Hall–Kier alpha value is -2.02. The molecule has 2 saturated heterocycles. The maximum absolute atomic E-state index is 13.9. The van der Waals surface area contributed by atoms with E-state index in [9.17, 15) is 18.4 Å². The molecule has 2 amide bonds. The molecule has 0 saturated carbocycles. The van der Waals surface area contributed by atoms with E-state index in [0.29, 0.717) is 32.5 Å². The van der Waals surface area contributed by atoms with Gasteiger partial charge in [-0.1, -0.05) is 12.1 Å². The third-order valence-electron chi connectivity index (χ3n) is 5.19. The Balaban J connectivity index is 1.73. The second-order valence-corrected chi connectivity index (χ2v) is 6.82. The summed E-state index contributed by atoms with van der Waals surface area (Å²) in [6.45, 7) is 1.47. The number of hydrogen-bond acceptors (Lipinski definition) is 3. The smallest absolute Gasteiger partial charge is 0.248 e. The summed E-state index contributed by atoms with van der Waals surface area (Å²) >= 11 is 0. The molecule has 5 nitrogen and oxygen atoms in total. The Morgan fingerprint density at radius 2 is 2.08 bits per heavy atom. The first-order valence-electron chi connectivity index (χ1n) is 8.46. The number of hydrogen-bond donors (Lipinski definition) is 0. The number of carbonyl (C=O) groups is 2. The first-order valence-corrected chi connectivity index (χ1v) is 8.46. The summed E-state index contributed by atoms with van der Waals surface area (Å²) in [7, 11) is 1.46. The molecular weight excluding hydrogens is 330 g/mol. The second kappa shape index (κ2) is 7.07. The zero-order chi connectivity index (χ0) is 18.0. The fourth-order valence-corrected chi connectivity index (χ4v) is 3.86. The third kappa shape index (κ3) is 3.38. The van der Waals surface area contributed by atoms with Gasteiger partial charge in [0.25, 0.3) is 0 Å². The lowest BCUT2D eigenvalue weighted by atomic mass is 9.78. The van der Waals surface area contributed by atoms with Crippen LogP contribution in [0.1, 0.15) is 24.8 Å². The van der Waals surface area contributed by atoms with E-state index >= 15 is 0 Å². The maximum Gasteiger partial charge on any atom is 0.248 e. The summed E-state index contributed by atoms with van der Waals surface area (Å²) in [5.41, 5.74) is -0.429. The molecule has 2 aliphatic rings. The second-order valence-electron chi connectivity index (χ2n) is 6.82. The van der Waals surface area contributed by atoms with Crippen molar-refractivity contribution < 1.29 is 23.1 Å². The first kappa shape index (κ1) is 17.8. The Bertz CT molecular complexity index is 682. The fraction of sp³-hybridized carbons (Fsp3) is 0.556. The minimum absolute atomic E-state index is 0.00247. The molecule has 2 aliphatic heterocycles. The van der Waals surface area contributed by atoms with Crippen LogP contribution in [-0.4, -0.2) is 55.0 Å². The summed E-state index contributed by atoms with van der Waals surface area (Å²) in [4.78, 5) is 28.3. The monoisotopic (exact) mass is 352 g/mol. The molecule has 0 aromatic heterocycles. The lowest BCUT2D eigenvalue weighted by molar-refractivity contribution is -0.147. The van der Waals surface area contributed by atoms with Crippen LogP contribution in [0, 0.1) is 17.0 Å². The van der Waals surface area contributed by atoms with E-state index in [1.165, 1.54) is 19.2 Å². The van der Waals surface area contributed by atoms with Gasteiger partial charge in [0.2, 0.25) is 11.8 Å². The molecule has 3 rings (SSSR count). The number of methoxy groups -OCH3 is 1. The summed E-state index contributed by atoms with van der Waals surface area (Å²) in [5.74, 6) is -2.01. The van der Waals surface area contributed by atoms with Crippen molar-refractivity contribution in [3.8, 4) is 0 Å². The number of benzene rings is 1. The molecular formula is C18H22F2N2O3. The van der Waals surface area contributed by atoms with Crippen molar-refractivity contribution in [2.45, 2.75) is 25.8 Å². The summed E-state index contributed by atoms with van der Waals surface area (Å²) < 4.78 is 32.2. The van der Waals surface area contributed by atoms with Crippen LogP contribution >= 0.6 is 0 Å². The Morgan fingerprint density at radius 3 is 2.84 bits per heavy atom. The predicted molar refractivity (Wildman–Crippen MR) is 86.5 cm³/mol. The molecule has 1 aromatic rings. The van der Waals surface area contributed by atoms with Gasteiger partial charge in [0.1, 0.15) is 6.61 Å². The SMILES string of the molecule is COCC(=O)N1CC[C@@]2(CCCN(Cc3cccc(F)c3F)C2=O)C1. The van der Waals surface area contributed by atoms with Gasteiger partial charge in [0.15, 0.2) is 11.6 Å². The number of piperidine rings is 1. The zero-order valence-electron chi connectivity index (χ0n) is 14.3. The van der Waals surface area contributed by atoms with Crippen molar-refractivity contribution in [2.75, 3.05) is 33.4 Å². The van der Waals surface area contributed by atoms with Crippen LogP contribution in [0.15, 0.2) is 18.2 Å². The lowest BCUT2D eigenvalue weighted by Gasteiger charge is -2.39. The molecule has 0 N–H and O–H groups in total. The van der Waals surface area contributed by atoms with E-state index < -0.39 is 17.0 Å². The van der Waals surface area contributed by atoms with Gasteiger partial charge in [0, 0.05) is 38.9 Å². The van der Waals surface area contributed by atoms with Gasteiger partial charge in [-0.05, 0) is 25.3 Å². The van der Waals surface area contributed by atoms with Crippen LogP contribution in [0.5, 0.6) is 0 Å². The lowest BCUT2D eigenvalue weighted by Crippen LogP contribution is -2.50. The number of nitrogens with zero attached hydrogens (tertiary/aromatic N) is 2. The summed E-state index contributed by atoms with van der Waals surface area (Å²) in [6.07, 6.45) is 2.10. The van der Waals surface area contributed by atoms with Gasteiger partial charge in [-0.15, -0.1) is 0 Å². The molecule has 1 spiro atoms. The quantitative estimate of drug-likeness (QED) is 0.832. The molecule has 1 atom stereocenters. The van der Waals surface area contributed by atoms with Gasteiger partial charge < -0.3 is 14.5 Å². The van der Waals surface area contributed by atoms with Gasteiger partial charge in [0.05, 0.1) is 5.41 Å². The standard InChI is InChI=1S/C18H22F2N2O3/c1-25-11-15(23)22-9-7-18(12-22)6-3-8-21(17(18)24)10-13-4-2-5-14(19)16(13)20/h2,4-5H,3,6-12H2,1H3/t18-/m0/s1. The van der Waals surface area contributed by atoms with Crippen LogP contribution in [0.4, 0.5) is 8.78 Å². The minimum atomic E-state index is -0.908. The zero-order valence-corrected chi connectivity index (χ0v) is 14.3. The average molecular weight is 352 g/mol. The van der Waals surface area contributed by atoms with Crippen LogP contribution in [-0.2, 0) is 20.9 Å². The molecule has 136 valence electrons. The van der Waals surface area contributed by atoms with Gasteiger partial charge in [-0.2, -0.15) is 0 Å². The van der Waals surface area contributed by atoms with Crippen LogP contribution in [0.3, 0.4) is 0 Å². The summed E-state index contributed by atoms with van der Waals surface area (Å²) in [6, 6.07) is 4.00. The van der Waals surface area contributed by atoms with E-state index in [2.05, 4.69) is 0 Å². The van der Waals surface area contributed by atoms with Gasteiger partial charge in [-0.25, -0.2) is 8.78 Å². The average Bonchev–Trinajstić information content (AvgIpc) is 3.02. The highest BCUT2D eigenvalue weighted by atomic mass is 19.2. The Kier molecular flexibility index (Phi) is 5.03. The van der Waals surface area contributed by atoms with E-state index in [4.69, 9.17) is 4.74 Å². The number of carbonyl (C=O) groups excluding carboxylic acids is 2. The molecule has 0 aliphatic carbocycles. The van der Waals surface area contributed by atoms with Crippen molar-refractivity contribution in [3.63, 3.8) is 0 Å². The highest BCUT2D eigenvalue weighted by Gasteiger charge is 2.49. The normalized spacial score (nSPS) is 23.6. The topological polar surface area (TPSA) is 49.9 Å². The number of amides is 2. The van der Waals surface area contributed by atoms with E-state index in [1.54, 1.807) is 9.80 Å². The number of rotatable bonds is 4. The van der Waals surface area contributed by atoms with Crippen molar-refractivity contribution in [1.82, 2.24) is 9.80 Å². The van der Waals surface area contributed by atoms with Gasteiger partial charge >= 0.3 is 0 Å². The number of ether oxygens (including phenoxy) is 1. The largest absolute Gasteiger partial charge is 0.375 e. The molecule has 0 unspecified atom stereocenters. The van der Waals surface area contributed by atoms with E-state index in [0.717, 1.165) is 12.5 Å². The Labute approximate surface area is 145 Å². The van der Waals surface area contributed by atoms with Crippen molar-refractivity contribution >= 4 is 11.8 Å². The van der Waals surface area contributed by atoms with Crippen molar-refractivity contribution in [1.29, 1.82) is 0 Å². The molecule has 2 fully saturated rings. The molecule has 1 aromatic carbocycles. The molecule has 0 radical (unpaired) electrons. The third-order valence-corrected chi connectivity index (χ3v) is 5.19. The van der Waals surface area contributed by atoms with Crippen LogP contribution in [0.2, 0.25) is 0 Å². The molecule has 25 heavy (non-hydrogen) atoms. The highest BCUT2D eigenvalue weighted by Crippen LogP contribution is 2.40. The highest BCUT2D eigenvalue weighted by molar-refractivity contribution is 5.86. The van der Waals surface area contributed by atoms with Crippen molar-refractivity contribution in [3.05, 3.63) is 35.4 Å². The maximum atomic E-state index is 13.9.